The second-order valence-electron chi connectivity index (χ2n) is 7.18. The van der Waals surface area contributed by atoms with E-state index in [0.717, 1.165) is 22.3 Å². The molecule has 0 bridgehead atoms. The minimum absolute atomic E-state index is 0.218. The molecule has 0 fully saturated rings. The lowest BCUT2D eigenvalue weighted by Gasteiger charge is -2.13. The zero-order valence-corrected chi connectivity index (χ0v) is 16.7. The summed E-state index contributed by atoms with van der Waals surface area (Å²) in [7, 11) is 0. The Morgan fingerprint density at radius 1 is 1.13 bits per heavy atom. The molecule has 6 nitrogen and oxygen atoms in total. The number of nitrogens with zero attached hydrogens (tertiary/aromatic N) is 1. The molecule has 0 spiro atoms. The first-order valence-electron chi connectivity index (χ1n) is 9.64. The van der Waals surface area contributed by atoms with Gasteiger partial charge in [-0.05, 0) is 48.6 Å². The van der Waals surface area contributed by atoms with Gasteiger partial charge in [0.15, 0.2) is 0 Å². The van der Waals surface area contributed by atoms with Crippen LogP contribution < -0.4 is 5.32 Å². The highest BCUT2D eigenvalue weighted by molar-refractivity contribution is 5.88. The van der Waals surface area contributed by atoms with Gasteiger partial charge in [-0.1, -0.05) is 47.5 Å². The third kappa shape index (κ3) is 4.26. The number of ether oxygens (including phenoxy) is 1. The van der Waals surface area contributed by atoms with Crippen molar-refractivity contribution >= 4 is 17.6 Å². The van der Waals surface area contributed by atoms with Crippen molar-refractivity contribution in [3.63, 3.8) is 0 Å². The molecule has 1 N–H and O–H groups in total. The van der Waals surface area contributed by atoms with Crippen molar-refractivity contribution in [2.24, 2.45) is 0 Å². The van der Waals surface area contributed by atoms with Gasteiger partial charge in [0.05, 0.1) is 0 Å². The number of Topliss-reactive ketones (excluding diaryl/α,β-unsaturated/α-hetero) is 1. The maximum atomic E-state index is 12.3. The number of anilines is 1. The summed E-state index contributed by atoms with van der Waals surface area (Å²) in [4.78, 5) is 23.9. The van der Waals surface area contributed by atoms with E-state index in [-0.39, 0.29) is 11.5 Å². The van der Waals surface area contributed by atoms with E-state index in [0.29, 0.717) is 24.2 Å². The third-order valence-corrected chi connectivity index (χ3v) is 4.94. The molecule has 1 aromatic heterocycles. The molecule has 1 aliphatic rings. The maximum absolute atomic E-state index is 12.3. The summed E-state index contributed by atoms with van der Waals surface area (Å²) in [6.45, 7) is 3.51. The van der Waals surface area contributed by atoms with Crippen molar-refractivity contribution in [1.29, 1.82) is 0 Å². The van der Waals surface area contributed by atoms with E-state index >= 15 is 0 Å². The number of aryl methyl sites for hydroxylation is 1. The average molecular weight is 400 g/mol. The van der Waals surface area contributed by atoms with Crippen LogP contribution in [0.3, 0.4) is 0 Å². The first-order chi connectivity index (χ1) is 14.5. The molecule has 4 rings (SSSR count). The van der Waals surface area contributed by atoms with Crippen molar-refractivity contribution in [2.75, 3.05) is 5.32 Å². The van der Waals surface area contributed by atoms with Crippen molar-refractivity contribution in [3.05, 3.63) is 82.2 Å². The summed E-state index contributed by atoms with van der Waals surface area (Å²) in [5.41, 5.74) is 4.61. The Morgan fingerprint density at radius 2 is 1.90 bits per heavy atom. The van der Waals surface area contributed by atoms with E-state index in [1.54, 1.807) is 13.8 Å². The predicted octanol–water partition coefficient (Wildman–Crippen LogP) is 4.36. The highest BCUT2D eigenvalue weighted by Crippen LogP contribution is 2.23. The van der Waals surface area contributed by atoms with Gasteiger partial charge in [0.25, 0.3) is 0 Å². The van der Waals surface area contributed by atoms with Crippen LogP contribution in [0.25, 0.3) is 0 Å². The molecule has 1 amide bonds. The Labute approximate surface area is 174 Å². The van der Waals surface area contributed by atoms with Crippen molar-refractivity contribution in [3.8, 4) is 11.8 Å². The van der Waals surface area contributed by atoms with Crippen LogP contribution in [-0.2, 0) is 22.4 Å². The summed E-state index contributed by atoms with van der Waals surface area (Å²) in [6, 6.07) is 15.2. The summed E-state index contributed by atoms with van der Waals surface area (Å²) in [5.74, 6) is 6.38. The van der Waals surface area contributed by atoms with E-state index in [1.807, 2.05) is 48.5 Å². The van der Waals surface area contributed by atoms with E-state index in [9.17, 15) is 9.59 Å². The van der Waals surface area contributed by atoms with Gasteiger partial charge in [-0.15, -0.1) is 0 Å². The quantitative estimate of drug-likeness (QED) is 0.661. The van der Waals surface area contributed by atoms with Crippen LogP contribution in [0.2, 0.25) is 0 Å². The number of aromatic nitrogens is 1. The fourth-order valence-corrected chi connectivity index (χ4v) is 3.34. The summed E-state index contributed by atoms with van der Waals surface area (Å²) in [5, 5.41) is 6.57. The average Bonchev–Trinajstić information content (AvgIpc) is 3.28. The standard InChI is InChI=1S/C24H20N2O4/c1-15-23(25-24(28)29-16(2)18-6-4-3-5-7-18)22(30-26-15)11-9-17-8-10-19-13-21(27)14-20(19)12-17/h3-8,10,12,16H,13-14H2,1-2H3,(H,25,28). The monoisotopic (exact) mass is 400 g/mol. The highest BCUT2D eigenvalue weighted by atomic mass is 16.6. The Morgan fingerprint density at radius 3 is 2.70 bits per heavy atom. The lowest BCUT2D eigenvalue weighted by molar-refractivity contribution is -0.117. The number of nitrogens with one attached hydrogen (secondary N) is 1. The summed E-state index contributed by atoms with van der Waals surface area (Å²) < 4.78 is 10.7. The summed E-state index contributed by atoms with van der Waals surface area (Å²) >= 11 is 0. The van der Waals surface area contributed by atoms with Gasteiger partial charge in [-0.3, -0.25) is 10.1 Å². The van der Waals surface area contributed by atoms with E-state index in [2.05, 4.69) is 22.3 Å². The molecular weight excluding hydrogens is 380 g/mol. The van der Waals surface area contributed by atoms with Crippen LogP contribution in [0.1, 0.15) is 46.7 Å². The number of hydrogen-bond acceptors (Lipinski definition) is 5. The fourth-order valence-electron chi connectivity index (χ4n) is 3.34. The molecule has 2 aromatic carbocycles. The van der Waals surface area contributed by atoms with Gasteiger partial charge in [0.2, 0.25) is 5.76 Å². The minimum Gasteiger partial charge on any atom is -0.441 e. The van der Waals surface area contributed by atoms with Crippen molar-refractivity contribution in [2.45, 2.75) is 32.8 Å². The van der Waals surface area contributed by atoms with Gasteiger partial charge >= 0.3 is 6.09 Å². The van der Waals surface area contributed by atoms with Crippen LogP contribution in [0.5, 0.6) is 0 Å². The minimum atomic E-state index is -0.614. The molecule has 0 aliphatic heterocycles. The number of amides is 1. The van der Waals surface area contributed by atoms with E-state index in [1.165, 1.54) is 0 Å². The largest absolute Gasteiger partial charge is 0.441 e. The van der Waals surface area contributed by atoms with Gasteiger partial charge in [0.1, 0.15) is 23.3 Å². The molecule has 6 heteroatoms. The topological polar surface area (TPSA) is 81.4 Å². The number of ketones is 1. The van der Waals surface area contributed by atoms with Gasteiger partial charge in [0, 0.05) is 18.4 Å². The Balaban J connectivity index is 1.48. The Kier molecular flexibility index (Phi) is 5.36. The molecule has 30 heavy (non-hydrogen) atoms. The number of benzene rings is 2. The molecule has 0 radical (unpaired) electrons. The van der Waals surface area contributed by atoms with E-state index in [4.69, 9.17) is 9.26 Å². The zero-order chi connectivity index (χ0) is 21.1. The van der Waals surface area contributed by atoms with Crippen LogP contribution in [0.4, 0.5) is 10.5 Å². The smallest absolute Gasteiger partial charge is 0.412 e. The highest BCUT2D eigenvalue weighted by Gasteiger charge is 2.19. The lowest BCUT2D eigenvalue weighted by atomic mass is 10.1. The SMILES string of the molecule is Cc1noc(C#Cc2ccc3c(c2)CC(=O)C3)c1NC(=O)OC(C)c1ccccc1. The first-order valence-corrected chi connectivity index (χ1v) is 9.64. The van der Waals surface area contributed by atoms with E-state index < -0.39 is 12.2 Å². The number of carbonyl (C=O) groups excluding carboxylic acids is 2. The van der Waals surface area contributed by atoms with Crippen LogP contribution >= 0.6 is 0 Å². The van der Waals surface area contributed by atoms with Crippen LogP contribution in [-0.4, -0.2) is 17.0 Å². The molecule has 1 aliphatic carbocycles. The summed E-state index contributed by atoms with van der Waals surface area (Å²) in [6.07, 6.45) is -0.0846. The third-order valence-electron chi connectivity index (χ3n) is 4.94. The van der Waals surface area contributed by atoms with Gasteiger partial charge in [-0.2, -0.15) is 0 Å². The maximum Gasteiger partial charge on any atom is 0.412 e. The molecule has 3 aromatic rings. The lowest BCUT2D eigenvalue weighted by Crippen LogP contribution is -2.16. The number of hydrogen-bond donors (Lipinski definition) is 1. The number of fused-ring (bicyclic) bond motifs is 1. The first kappa shape index (κ1) is 19.5. The Hall–Kier alpha value is -3.85. The van der Waals surface area contributed by atoms with Gasteiger partial charge < -0.3 is 9.26 Å². The second kappa shape index (κ2) is 8.26. The van der Waals surface area contributed by atoms with Gasteiger partial charge in [-0.25, -0.2) is 4.79 Å². The number of carbonyl (C=O) groups is 2. The zero-order valence-electron chi connectivity index (χ0n) is 16.7. The van der Waals surface area contributed by atoms with Crippen LogP contribution in [0.15, 0.2) is 53.1 Å². The molecule has 150 valence electrons. The fraction of sp³-hybridized carbons (Fsp3) is 0.208. The molecule has 0 saturated heterocycles. The van der Waals surface area contributed by atoms with Crippen molar-refractivity contribution < 1.29 is 18.8 Å². The number of rotatable bonds is 3. The second-order valence-corrected chi connectivity index (χ2v) is 7.18. The molecule has 0 saturated carbocycles. The molecule has 1 atom stereocenters. The van der Waals surface area contributed by atoms with Crippen molar-refractivity contribution in [1.82, 2.24) is 5.16 Å². The molecule has 1 unspecified atom stereocenters. The predicted molar refractivity (Wildman–Crippen MR) is 111 cm³/mol. The Bertz CT molecular complexity index is 1170. The molecule has 1 heterocycles. The van der Waals surface area contributed by atoms with Crippen LogP contribution in [0, 0.1) is 18.8 Å². The normalized spacial score (nSPS) is 13.2. The molecular formula is C24H20N2O4.